The molecule has 2 aromatic carbocycles. The first kappa shape index (κ1) is 23.9. The van der Waals surface area contributed by atoms with Gasteiger partial charge in [0, 0.05) is 28.4 Å². The molecule has 0 spiro atoms. The second-order valence-corrected chi connectivity index (χ2v) is 12.3. The van der Waals surface area contributed by atoms with E-state index in [2.05, 4.69) is 77.9 Å². The zero-order valence-corrected chi connectivity index (χ0v) is 22.7. The summed E-state index contributed by atoms with van der Waals surface area (Å²) in [6.07, 6.45) is 16.4. The van der Waals surface area contributed by atoms with E-state index in [-0.39, 0.29) is 5.41 Å². The molecular weight excluding hydrogens is 458 g/mol. The Bertz CT molecular complexity index is 1210. The fraction of sp³-hybridized carbons (Fsp3) is 0.455. The maximum atomic E-state index is 6.01. The van der Waals surface area contributed by atoms with Gasteiger partial charge in [0.2, 0.25) is 0 Å². The summed E-state index contributed by atoms with van der Waals surface area (Å²) in [5.74, 6) is 2.87. The van der Waals surface area contributed by atoms with E-state index in [1.54, 1.807) is 11.3 Å². The van der Waals surface area contributed by atoms with Crippen molar-refractivity contribution < 1.29 is 4.74 Å². The highest BCUT2D eigenvalue weighted by Crippen LogP contribution is 2.54. The molecule has 0 radical (unpaired) electrons. The largest absolute Gasteiger partial charge is 0.496 e. The molecule has 2 nitrogen and oxygen atoms in total. The average molecular weight is 498 g/mol. The number of ether oxygens (including phenoxy) is 1. The molecule has 2 fully saturated rings. The highest BCUT2D eigenvalue weighted by atomic mass is 32.1. The van der Waals surface area contributed by atoms with Gasteiger partial charge in [0.1, 0.15) is 5.75 Å². The molecule has 1 aliphatic heterocycles. The second kappa shape index (κ2) is 10.1. The van der Waals surface area contributed by atoms with Crippen LogP contribution in [0.4, 0.5) is 11.4 Å². The number of benzene rings is 2. The molecule has 36 heavy (non-hydrogen) atoms. The number of aryl methyl sites for hydroxylation is 1. The maximum absolute atomic E-state index is 6.01. The molecule has 3 aliphatic rings. The predicted octanol–water partition coefficient (Wildman–Crippen LogP) is 9.26. The van der Waals surface area contributed by atoms with Crippen LogP contribution in [0, 0.1) is 11.8 Å². The molecule has 2 bridgehead atoms. The van der Waals surface area contributed by atoms with Crippen LogP contribution in [-0.2, 0) is 11.8 Å². The fourth-order valence-electron chi connectivity index (χ4n) is 7.49. The Kier molecular flexibility index (Phi) is 6.69. The third-order valence-corrected chi connectivity index (χ3v) is 10.0. The molecule has 0 amide bonds. The topological polar surface area (TPSA) is 12.5 Å². The van der Waals surface area contributed by atoms with E-state index in [9.17, 15) is 0 Å². The van der Waals surface area contributed by atoms with Crippen molar-refractivity contribution in [2.45, 2.75) is 70.1 Å². The fourth-order valence-corrected chi connectivity index (χ4v) is 8.11. The van der Waals surface area contributed by atoms with Crippen molar-refractivity contribution in [3.05, 3.63) is 75.5 Å². The van der Waals surface area contributed by atoms with Gasteiger partial charge < -0.3 is 9.64 Å². The van der Waals surface area contributed by atoms with Gasteiger partial charge in [-0.15, -0.1) is 11.3 Å². The van der Waals surface area contributed by atoms with Crippen molar-refractivity contribution in [3.63, 3.8) is 0 Å². The number of thiophene rings is 1. The lowest BCUT2D eigenvalue weighted by molar-refractivity contribution is 0.105. The van der Waals surface area contributed by atoms with Crippen LogP contribution in [0.3, 0.4) is 0 Å². The minimum atomic E-state index is 0.254. The maximum Gasteiger partial charge on any atom is 0.122 e. The second-order valence-electron chi connectivity index (χ2n) is 11.3. The van der Waals surface area contributed by atoms with Gasteiger partial charge in [-0.05, 0) is 115 Å². The highest BCUT2D eigenvalue weighted by molar-refractivity contribution is 7.10. The zero-order valence-electron chi connectivity index (χ0n) is 21.8. The van der Waals surface area contributed by atoms with Gasteiger partial charge in [-0.1, -0.05) is 44.4 Å². The Morgan fingerprint density at radius 2 is 1.89 bits per heavy atom. The van der Waals surface area contributed by atoms with E-state index in [4.69, 9.17) is 4.74 Å². The van der Waals surface area contributed by atoms with Crippen LogP contribution in [0.5, 0.6) is 5.75 Å². The number of fused-ring (bicyclic) bond motifs is 3. The minimum absolute atomic E-state index is 0.254. The highest BCUT2D eigenvalue weighted by Gasteiger charge is 2.43. The van der Waals surface area contributed by atoms with Gasteiger partial charge in [0.15, 0.2) is 0 Å². The van der Waals surface area contributed by atoms with Crippen LogP contribution in [0.1, 0.15) is 79.9 Å². The molecular formula is C33H39NOS. The van der Waals surface area contributed by atoms with Crippen molar-refractivity contribution in [2.75, 3.05) is 18.6 Å². The lowest BCUT2D eigenvalue weighted by Gasteiger charge is -2.48. The lowest BCUT2D eigenvalue weighted by Crippen LogP contribution is -2.39. The smallest absolute Gasteiger partial charge is 0.122 e. The van der Waals surface area contributed by atoms with E-state index in [0.29, 0.717) is 0 Å². The molecule has 2 unspecified atom stereocenters. The van der Waals surface area contributed by atoms with E-state index < -0.39 is 0 Å². The Hall–Kier alpha value is -2.52. The summed E-state index contributed by atoms with van der Waals surface area (Å²) in [6.45, 7) is 3.49. The number of anilines is 2. The summed E-state index contributed by atoms with van der Waals surface area (Å²) >= 11 is 1.79. The standard InChI is InChI=1S/C33H39NOS/c1-3-33(22-25-7-4-8-26(19-25)23-33)30-21-28(13-16-32(30)35-2)34-17-5-9-27-20-24(12-15-31(27)34)11-14-29-10-6-18-36-29/h6,10-16,18,20-21,25-26H,3-5,7-9,17,19,22-23H2,1-2H3/b14-11+. The van der Waals surface area contributed by atoms with Gasteiger partial charge in [-0.25, -0.2) is 0 Å². The molecule has 2 aliphatic carbocycles. The zero-order chi connectivity index (χ0) is 24.5. The number of rotatable bonds is 6. The normalized spacial score (nSPS) is 25.7. The van der Waals surface area contributed by atoms with E-state index in [1.807, 2.05) is 7.11 Å². The molecule has 3 aromatic rings. The number of hydrogen-bond donors (Lipinski definition) is 0. The first-order valence-corrected chi connectivity index (χ1v) is 14.9. The summed E-state index contributed by atoms with van der Waals surface area (Å²) in [5.41, 5.74) is 7.17. The van der Waals surface area contributed by atoms with Crippen LogP contribution >= 0.6 is 11.3 Å². The van der Waals surface area contributed by atoms with Crippen molar-refractivity contribution in [1.82, 2.24) is 0 Å². The number of methoxy groups -OCH3 is 1. The quantitative estimate of drug-likeness (QED) is 0.336. The van der Waals surface area contributed by atoms with E-state index in [0.717, 1.165) is 30.6 Å². The van der Waals surface area contributed by atoms with Crippen molar-refractivity contribution in [1.29, 1.82) is 0 Å². The summed E-state index contributed by atoms with van der Waals surface area (Å²) in [7, 11) is 1.85. The van der Waals surface area contributed by atoms with Crippen LogP contribution in [-0.4, -0.2) is 13.7 Å². The van der Waals surface area contributed by atoms with Gasteiger partial charge in [0.25, 0.3) is 0 Å². The summed E-state index contributed by atoms with van der Waals surface area (Å²) in [5, 5.41) is 2.13. The molecule has 2 saturated carbocycles. The number of hydrogen-bond acceptors (Lipinski definition) is 3. The third kappa shape index (κ3) is 4.52. The monoisotopic (exact) mass is 497 g/mol. The van der Waals surface area contributed by atoms with Gasteiger partial charge >= 0.3 is 0 Å². The molecule has 0 saturated heterocycles. The Morgan fingerprint density at radius 3 is 2.64 bits per heavy atom. The summed E-state index contributed by atoms with van der Waals surface area (Å²) < 4.78 is 6.01. The lowest BCUT2D eigenvalue weighted by atomic mass is 9.57. The minimum Gasteiger partial charge on any atom is -0.496 e. The summed E-state index contributed by atoms with van der Waals surface area (Å²) in [4.78, 5) is 3.86. The van der Waals surface area contributed by atoms with Gasteiger partial charge in [-0.3, -0.25) is 0 Å². The van der Waals surface area contributed by atoms with Crippen molar-refractivity contribution >= 4 is 34.9 Å². The van der Waals surface area contributed by atoms with E-state index >= 15 is 0 Å². The molecule has 1 aromatic heterocycles. The Labute approximate surface area is 221 Å². The van der Waals surface area contributed by atoms with Crippen molar-refractivity contribution in [2.24, 2.45) is 11.8 Å². The molecule has 0 N–H and O–H groups in total. The third-order valence-electron chi connectivity index (χ3n) is 9.20. The van der Waals surface area contributed by atoms with Gasteiger partial charge in [0.05, 0.1) is 7.11 Å². The number of nitrogens with zero attached hydrogens (tertiary/aromatic N) is 1. The average Bonchev–Trinajstić information content (AvgIpc) is 3.44. The first-order valence-electron chi connectivity index (χ1n) is 14.0. The van der Waals surface area contributed by atoms with E-state index in [1.165, 1.54) is 84.3 Å². The SMILES string of the molecule is CCC1(c2cc(N3CCCc4cc(/C=C/c5cccs5)ccc43)ccc2OC)CC2CCCC(C2)C1. The van der Waals surface area contributed by atoms with Gasteiger partial charge in [-0.2, -0.15) is 0 Å². The van der Waals surface area contributed by atoms with Crippen LogP contribution < -0.4 is 9.64 Å². The summed E-state index contributed by atoms with van der Waals surface area (Å²) in [6, 6.07) is 18.3. The molecule has 6 rings (SSSR count). The first-order chi connectivity index (χ1) is 17.7. The predicted molar refractivity (Wildman–Crippen MR) is 155 cm³/mol. The van der Waals surface area contributed by atoms with Crippen LogP contribution in [0.25, 0.3) is 12.2 Å². The molecule has 3 heteroatoms. The van der Waals surface area contributed by atoms with Crippen molar-refractivity contribution in [3.8, 4) is 5.75 Å². The molecule has 188 valence electrons. The Morgan fingerprint density at radius 1 is 1.03 bits per heavy atom. The van der Waals surface area contributed by atoms with Crippen LogP contribution in [0.2, 0.25) is 0 Å². The molecule has 2 atom stereocenters. The van der Waals surface area contributed by atoms with Crippen LogP contribution in [0.15, 0.2) is 53.9 Å². The Balaban J connectivity index is 1.34. The molecule has 2 heterocycles.